The van der Waals surface area contributed by atoms with Gasteiger partial charge in [0.1, 0.15) is 23.3 Å². The van der Waals surface area contributed by atoms with Crippen LogP contribution in [-0.2, 0) is 6.54 Å². The highest BCUT2D eigenvalue weighted by Crippen LogP contribution is 2.35. The monoisotopic (exact) mass is 595 g/mol. The van der Waals surface area contributed by atoms with E-state index >= 15 is 0 Å². The van der Waals surface area contributed by atoms with Gasteiger partial charge in [-0.2, -0.15) is 0 Å². The van der Waals surface area contributed by atoms with Gasteiger partial charge >= 0.3 is 0 Å². The quantitative estimate of drug-likeness (QED) is 0.267. The topological polar surface area (TPSA) is 117 Å². The van der Waals surface area contributed by atoms with Crippen molar-refractivity contribution >= 4 is 17.5 Å². The van der Waals surface area contributed by atoms with Gasteiger partial charge < -0.3 is 24.8 Å². The van der Waals surface area contributed by atoms with E-state index in [0.717, 1.165) is 17.1 Å². The minimum absolute atomic E-state index is 0.0889. The summed E-state index contributed by atoms with van der Waals surface area (Å²) in [7, 11) is 2.02. The maximum Gasteiger partial charge on any atom is 0.275 e. The molecule has 0 unspecified atom stereocenters. The molecule has 10 nitrogen and oxygen atoms in total. The number of rotatable bonds is 10. The van der Waals surface area contributed by atoms with E-state index in [4.69, 9.17) is 9.47 Å². The molecule has 0 bridgehead atoms. The zero-order valence-electron chi connectivity index (χ0n) is 25.1. The van der Waals surface area contributed by atoms with Gasteiger partial charge in [-0.15, -0.1) is 0 Å². The highest BCUT2D eigenvalue weighted by molar-refractivity contribution is 6.06. The van der Waals surface area contributed by atoms with Crippen molar-refractivity contribution in [2.75, 3.05) is 32.1 Å². The second-order valence-electron chi connectivity index (χ2n) is 11.1. The maximum absolute atomic E-state index is 13.7. The van der Waals surface area contributed by atoms with Crippen LogP contribution < -0.4 is 14.8 Å². The number of ether oxygens (including phenoxy) is 2. The lowest BCUT2D eigenvalue weighted by Crippen LogP contribution is -2.49. The molecule has 4 aromatic rings. The molecule has 228 valence electrons. The van der Waals surface area contributed by atoms with E-state index in [0.29, 0.717) is 30.9 Å². The summed E-state index contributed by atoms with van der Waals surface area (Å²) in [5.41, 5.74) is 1.92. The van der Waals surface area contributed by atoms with Gasteiger partial charge in [0.2, 0.25) is 0 Å². The van der Waals surface area contributed by atoms with E-state index in [2.05, 4.69) is 20.2 Å². The number of amides is 2. The molecule has 3 atom stereocenters. The van der Waals surface area contributed by atoms with Crippen LogP contribution in [0.2, 0.25) is 0 Å². The maximum atomic E-state index is 13.7. The lowest BCUT2D eigenvalue weighted by atomic mass is 9.98. The number of aliphatic hydroxyl groups excluding tert-OH is 1. The van der Waals surface area contributed by atoms with Crippen LogP contribution in [-0.4, -0.2) is 75.6 Å². The number of nitrogens with one attached hydrogen (secondary N) is 1. The van der Waals surface area contributed by atoms with Crippen LogP contribution in [0.3, 0.4) is 0 Å². The molecule has 0 radical (unpaired) electrons. The largest absolute Gasteiger partial charge is 0.486 e. The summed E-state index contributed by atoms with van der Waals surface area (Å²) in [6.07, 6.45) is 3.97. The van der Waals surface area contributed by atoms with Crippen LogP contribution in [0.15, 0.2) is 91.4 Å². The molecule has 2 N–H and O–H groups in total. The Morgan fingerprint density at radius 3 is 2.55 bits per heavy atom. The molecule has 0 saturated carbocycles. The van der Waals surface area contributed by atoms with E-state index in [9.17, 15) is 14.7 Å². The Morgan fingerprint density at radius 2 is 1.84 bits per heavy atom. The number of hydrogen-bond acceptors (Lipinski definition) is 8. The average Bonchev–Trinajstić information content (AvgIpc) is 3.04. The Balaban J connectivity index is 1.36. The Morgan fingerprint density at radius 1 is 1.09 bits per heavy atom. The van der Waals surface area contributed by atoms with Gasteiger partial charge in [0.15, 0.2) is 5.75 Å². The summed E-state index contributed by atoms with van der Waals surface area (Å²) in [4.78, 5) is 38.6. The van der Waals surface area contributed by atoms with E-state index in [1.165, 1.54) is 18.6 Å². The first-order valence-electron chi connectivity index (χ1n) is 14.6. The molecule has 2 heterocycles. The van der Waals surface area contributed by atoms with Gasteiger partial charge in [-0.1, -0.05) is 43.3 Å². The van der Waals surface area contributed by atoms with Crippen LogP contribution in [0.5, 0.6) is 17.2 Å². The normalized spacial score (nSPS) is 17.2. The third-order valence-electron chi connectivity index (χ3n) is 7.58. The van der Waals surface area contributed by atoms with Crippen molar-refractivity contribution in [2.24, 2.45) is 5.92 Å². The molecule has 0 spiro atoms. The van der Waals surface area contributed by atoms with Crippen molar-refractivity contribution in [3.05, 3.63) is 108 Å². The van der Waals surface area contributed by atoms with Crippen molar-refractivity contribution in [2.45, 2.75) is 32.5 Å². The van der Waals surface area contributed by atoms with Gasteiger partial charge in [-0.05, 0) is 55.9 Å². The fourth-order valence-corrected chi connectivity index (χ4v) is 5.13. The van der Waals surface area contributed by atoms with E-state index in [1.807, 2.05) is 75.5 Å². The first-order chi connectivity index (χ1) is 21.3. The Bertz CT molecular complexity index is 1550. The number of carbonyl (C=O) groups is 2. The lowest BCUT2D eigenvalue weighted by Gasteiger charge is -2.38. The van der Waals surface area contributed by atoms with Crippen LogP contribution in [0.1, 0.15) is 40.3 Å². The Kier molecular flexibility index (Phi) is 9.83. The Labute approximate surface area is 257 Å². The smallest absolute Gasteiger partial charge is 0.275 e. The van der Waals surface area contributed by atoms with Crippen LogP contribution in [0, 0.1) is 5.92 Å². The number of aromatic nitrogens is 2. The van der Waals surface area contributed by atoms with Crippen LogP contribution in [0.4, 0.5) is 5.69 Å². The van der Waals surface area contributed by atoms with Crippen molar-refractivity contribution < 1.29 is 24.2 Å². The molecule has 0 saturated heterocycles. The molecule has 1 aliphatic heterocycles. The number of para-hydroxylation sites is 2. The van der Waals surface area contributed by atoms with Crippen molar-refractivity contribution in [1.29, 1.82) is 0 Å². The highest BCUT2D eigenvalue weighted by Gasteiger charge is 2.34. The summed E-state index contributed by atoms with van der Waals surface area (Å²) < 4.78 is 12.5. The molecule has 0 fully saturated rings. The summed E-state index contributed by atoms with van der Waals surface area (Å²) >= 11 is 0. The number of benzene rings is 3. The number of hydrogen-bond donors (Lipinski definition) is 2. The van der Waals surface area contributed by atoms with Crippen LogP contribution >= 0.6 is 0 Å². The number of aliphatic hydroxyl groups is 1. The second kappa shape index (κ2) is 14.1. The number of fused-ring (bicyclic) bond motifs is 1. The summed E-state index contributed by atoms with van der Waals surface area (Å²) in [5, 5.41) is 12.8. The number of anilines is 1. The minimum atomic E-state index is -0.466. The minimum Gasteiger partial charge on any atom is -0.486 e. The number of likely N-dealkylation sites (N-methyl/N-ethyl adjacent to an activating group) is 1. The molecule has 0 aliphatic carbocycles. The second-order valence-corrected chi connectivity index (χ2v) is 11.1. The van der Waals surface area contributed by atoms with Gasteiger partial charge in [0.05, 0.1) is 30.1 Å². The molecule has 5 rings (SSSR count). The fourth-order valence-electron chi connectivity index (χ4n) is 5.13. The predicted octanol–water partition coefficient (Wildman–Crippen LogP) is 4.87. The third-order valence-corrected chi connectivity index (χ3v) is 7.58. The molecule has 10 heteroatoms. The highest BCUT2D eigenvalue weighted by atomic mass is 16.5. The molecule has 44 heavy (non-hydrogen) atoms. The van der Waals surface area contributed by atoms with Crippen molar-refractivity contribution in [3.63, 3.8) is 0 Å². The van der Waals surface area contributed by atoms with Crippen molar-refractivity contribution in [1.82, 2.24) is 19.8 Å². The van der Waals surface area contributed by atoms with E-state index in [-0.39, 0.29) is 36.0 Å². The Hall–Kier alpha value is -4.80. The summed E-state index contributed by atoms with van der Waals surface area (Å²) in [6, 6.07) is 22.3. The first-order valence-corrected chi connectivity index (χ1v) is 14.6. The van der Waals surface area contributed by atoms with Gasteiger partial charge in [0, 0.05) is 37.9 Å². The molecule has 1 aliphatic rings. The van der Waals surface area contributed by atoms with Gasteiger partial charge in [0.25, 0.3) is 11.8 Å². The number of nitrogens with zero attached hydrogens (tertiary/aromatic N) is 4. The van der Waals surface area contributed by atoms with Gasteiger partial charge in [-0.25, -0.2) is 4.98 Å². The SMILES string of the molecule is C[C@H]1CN([C@@H](C)CO)C(=O)c2cccc(NC(=O)c3cnccn3)c2O[C@@H]1CN(C)Cc1ccc(Oc2ccccc2)cc1. The van der Waals surface area contributed by atoms with E-state index < -0.39 is 11.9 Å². The zero-order chi connectivity index (χ0) is 31.1. The standard InChI is InChI=1S/C34H37N5O5/c1-23-19-39(24(2)22-40)34(42)28-10-7-11-29(37-33(41)30-18-35-16-17-36-30)32(28)44-31(23)21-38(3)20-25-12-14-27(15-13-25)43-26-8-5-4-6-9-26/h4-18,23-24,31,40H,19-22H2,1-3H3,(H,37,41)/t23-,24-,31+/m0/s1. The first kappa shape index (κ1) is 30.7. The molecule has 1 aromatic heterocycles. The fraction of sp³-hybridized carbons (Fsp3) is 0.294. The molecule has 2 amide bonds. The third kappa shape index (κ3) is 7.39. The van der Waals surface area contributed by atoms with E-state index in [1.54, 1.807) is 23.1 Å². The van der Waals surface area contributed by atoms with Crippen LogP contribution in [0.25, 0.3) is 0 Å². The molecular weight excluding hydrogens is 558 g/mol. The predicted molar refractivity (Wildman–Crippen MR) is 167 cm³/mol. The lowest BCUT2D eigenvalue weighted by molar-refractivity contribution is 0.0343. The molecular formula is C34H37N5O5. The summed E-state index contributed by atoms with van der Waals surface area (Å²) in [5.74, 6) is 1.00. The average molecular weight is 596 g/mol. The van der Waals surface area contributed by atoms with Gasteiger partial charge in [-0.3, -0.25) is 19.5 Å². The van der Waals surface area contributed by atoms with Crippen molar-refractivity contribution in [3.8, 4) is 17.2 Å². The molecule has 3 aromatic carbocycles. The number of carbonyl (C=O) groups excluding carboxylic acids is 2. The zero-order valence-corrected chi connectivity index (χ0v) is 25.1. The summed E-state index contributed by atoms with van der Waals surface area (Å²) in [6.45, 7) is 5.28.